The lowest BCUT2D eigenvalue weighted by Crippen LogP contribution is -2.27. The van der Waals surface area contributed by atoms with Gasteiger partial charge in [-0.3, -0.25) is 9.59 Å². The SMILES string of the molecule is O=C(O)CC(O)C(O)c1cnc[nH]c1=O. The number of aromatic amines is 1. The molecule has 15 heavy (non-hydrogen) atoms. The number of carboxylic acids is 1. The van der Waals surface area contributed by atoms with Gasteiger partial charge in [-0.25, -0.2) is 4.98 Å². The number of carbonyl (C=O) groups is 1. The molecule has 0 amide bonds. The minimum absolute atomic E-state index is 0.161. The first-order valence-corrected chi connectivity index (χ1v) is 4.13. The van der Waals surface area contributed by atoms with E-state index in [4.69, 9.17) is 5.11 Å². The molecule has 0 aliphatic heterocycles. The van der Waals surface area contributed by atoms with Crippen LogP contribution in [0.2, 0.25) is 0 Å². The normalized spacial score (nSPS) is 14.5. The molecule has 0 saturated heterocycles. The number of hydrogen-bond donors (Lipinski definition) is 4. The third-order valence-electron chi connectivity index (χ3n) is 1.81. The minimum Gasteiger partial charge on any atom is -0.481 e. The Kier molecular flexibility index (Phi) is 3.53. The second kappa shape index (κ2) is 4.67. The fraction of sp³-hybridized carbons (Fsp3) is 0.375. The predicted molar refractivity (Wildman–Crippen MR) is 48.1 cm³/mol. The summed E-state index contributed by atoms with van der Waals surface area (Å²) >= 11 is 0. The lowest BCUT2D eigenvalue weighted by atomic mass is 10.1. The zero-order chi connectivity index (χ0) is 11.4. The highest BCUT2D eigenvalue weighted by molar-refractivity contribution is 5.67. The summed E-state index contributed by atoms with van der Waals surface area (Å²) in [5, 5.41) is 27.1. The molecule has 82 valence electrons. The van der Waals surface area contributed by atoms with Gasteiger partial charge in [0.15, 0.2) is 0 Å². The van der Waals surface area contributed by atoms with Gasteiger partial charge in [0.1, 0.15) is 6.10 Å². The maximum absolute atomic E-state index is 11.1. The molecule has 4 N–H and O–H groups in total. The van der Waals surface area contributed by atoms with Crippen molar-refractivity contribution in [3.05, 3.63) is 28.4 Å². The molecule has 7 nitrogen and oxygen atoms in total. The van der Waals surface area contributed by atoms with Crippen LogP contribution in [0.4, 0.5) is 0 Å². The van der Waals surface area contributed by atoms with Crippen LogP contribution in [0.15, 0.2) is 17.3 Å². The largest absolute Gasteiger partial charge is 0.481 e. The summed E-state index contributed by atoms with van der Waals surface area (Å²) < 4.78 is 0. The Morgan fingerprint density at radius 1 is 1.53 bits per heavy atom. The number of aliphatic hydroxyl groups excluding tert-OH is 2. The van der Waals surface area contributed by atoms with E-state index in [1.54, 1.807) is 0 Å². The van der Waals surface area contributed by atoms with Crippen molar-refractivity contribution in [2.24, 2.45) is 0 Å². The van der Waals surface area contributed by atoms with Crippen LogP contribution in [0, 0.1) is 0 Å². The van der Waals surface area contributed by atoms with Gasteiger partial charge in [-0.05, 0) is 0 Å². The Labute approximate surface area is 84.0 Å². The number of H-pyrrole nitrogens is 1. The van der Waals surface area contributed by atoms with Gasteiger partial charge in [0.2, 0.25) is 0 Å². The maximum atomic E-state index is 11.1. The third kappa shape index (κ3) is 2.86. The van der Waals surface area contributed by atoms with Crippen molar-refractivity contribution >= 4 is 5.97 Å². The molecule has 1 rings (SSSR count). The molecule has 2 atom stereocenters. The Morgan fingerprint density at radius 3 is 2.73 bits per heavy atom. The Morgan fingerprint density at radius 2 is 2.20 bits per heavy atom. The highest BCUT2D eigenvalue weighted by Gasteiger charge is 2.23. The highest BCUT2D eigenvalue weighted by Crippen LogP contribution is 2.14. The van der Waals surface area contributed by atoms with Gasteiger partial charge in [-0.2, -0.15) is 0 Å². The van der Waals surface area contributed by atoms with Gasteiger partial charge in [0, 0.05) is 6.20 Å². The van der Waals surface area contributed by atoms with E-state index < -0.39 is 30.2 Å². The molecule has 0 saturated carbocycles. The number of aliphatic carboxylic acids is 1. The van der Waals surface area contributed by atoms with Gasteiger partial charge in [0.25, 0.3) is 5.56 Å². The molecular formula is C8H10N2O5. The van der Waals surface area contributed by atoms with E-state index in [1.165, 1.54) is 0 Å². The summed E-state index contributed by atoms with van der Waals surface area (Å²) in [6.45, 7) is 0. The lowest BCUT2D eigenvalue weighted by Gasteiger charge is -2.14. The van der Waals surface area contributed by atoms with Crippen LogP contribution < -0.4 is 5.56 Å². The first-order chi connectivity index (χ1) is 7.02. The van der Waals surface area contributed by atoms with E-state index >= 15 is 0 Å². The fourth-order valence-corrected chi connectivity index (χ4v) is 1.06. The van der Waals surface area contributed by atoms with Crippen molar-refractivity contribution in [1.82, 2.24) is 9.97 Å². The van der Waals surface area contributed by atoms with Crippen LogP contribution in [-0.4, -0.2) is 37.4 Å². The van der Waals surface area contributed by atoms with Crippen molar-refractivity contribution in [2.75, 3.05) is 0 Å². The number of aromatic nitrogens is 2. The van der Waals surface area contributed by atoms with Gasteiger partial charge in [-0.1, -0.05) is 0 Å². The number of nitrogens with zero attached hydrogens (tertiary/aromatic N) is 1. The smallest absolute Gasteiger partial charge is 0.306 e. The fourth-order valence-electron chi connectivity index (χ4n) is 1.06. The van der Waals surface area contributed by atoms with Crippen LogP contribution in [0.1, 0.15) is 18.1 Å². The van der Waals surface area contributed by atoms with E-state index in [0.29, 0.717) is 0 Å². The van der Waals surface area contributed by atoms with E-state index in [2.05, 4.69) is 9.97 Å². The topological polar surface area (TPSA) is 124 Å². The van der Waals surface area contributed by atoms with E-state index in [9.17, 15) is 19.8 Å². The average Bonchev–Trinajstić information content (AvgIpc) is 2.16. The van der Waals surface area contributed by atoms with Crippen LogP contribution in [0.5, 0.6) is 0 Å². The van der Waals surface area contributed by atoms with E-state index in [1.807, 2.05) is 0 Å². The molecule has 2 unspecified atom stereocenters. The van der Waals surface area contributed by atoms with Gasteiger partial charge < -0.3 is 20.3 Å². The maximum Gasteiger partial charge on any atom is 0.306 e. The molecule has 0 bridgehead atoms. The van der Waals surface area contributed by atoms with Crippen molar-refractivity contribution in [1.29, 1.82) is 0 Å². The second-order valence-corrected chi connectivity index (χ2v) is 2.95. The summed E-state index contributed by atoms with van der Waals surface area (Å²) in [5.41, 5.74) is -0.770. The van der Waals surface area contributed by atoms with E-state index in [0.717, 1.165) is 12.5 Å². The third-order valence-corrected chi connectivity index (χ3v) is 1.81. The van der Waals surface area contributed by atoms with Crippen LogP contribution in [-0.2, 0) is 4.79 Å². The van der Waals surface area contributed by atoms with Gasteiger partial charge >= 0.3 is 5.97 Å². The molecule has 0 spiro atoms. The first-order valence-electron chi connectivity index (χ1n) is 4.13. The minimum atomic E-state index is -1.56. The molecule has 0 aliphatic carbocycles. The molecular weight excluding hydrogens is 204 g/mol. The van der Waals surface area contributed by atoms with Crippen LogP contribution >= 0.6 is 0 Å². The number of rotatable bonds is 4. The van der Waals surface area contributed by atoms with Crippen LogP contribution in [0.25, 0.3) is 0 Å². The molecule has 1 heterocycles. The first kappa shape index (κ1) is 11.3. The number of aliphatic hydroxyl groups is 2. The van der Waals surface area contributed by atoms with Crippen molar-refractivity contribution < 1.29 is 20.1 Å². The summed E-state index contributed by atoms with van der Waals surface area (Å²) in [6.07, 6.45) is -1.53. The Balaban J connectivity index is 2.85. The second-order valence-electron chi connectivity index (χ2n) is 2.95. The zero-order valence-corrected chi connectivity index (χ0v) is 7.62. The van der Waals surface area contributed by atoms with Crippen molar-refractivity contribution in [3.63, 3.8) is 0 Å². The van der Waals surface area contributed by atoms with Crippen LogP contribution in [0.3, 0.4) is 0 Å². The standard InChI is InChI=1S/C8H10N2O5/c11-5(1-6(12)13)7(14)4-2-9-3-10-8(4)15/h2-3,5,7,11,14H,1H2,(H,12,13)(H,9,10,15). The van der Waals surface area contributed by atoms with Crippen molar-refractivity contribution in [3.8, 4) is 0 Å². The Hall–Kier alpha value is -1.73. The molecule has 0 aliphatic rings. The quantitative estimate of drug-likeness (QED) is 0.490. The molecule has 7 heteroatoms. The lowest BCUT2D eigenvalue weighted by molar-refractivity contribution is -0.141. The number of hydrogen-bond acceptors (Lipinski definition) is 5. The molecule has 0 aromatic carbocycles. The molecule has 0 radical (unpaired) electrons. The summed E-state index contributed by atoms with van der Waals surface area (Å²) in [5.74, 6) is -1.26. The summed E-state index contributed by atoms with van der Waals surface area (Å²) in [6, 6.07) is 0. The predicted octanol–water partition coefficient (Wildman–Crippen LogP) is -1.36. The molecule has 1 aromatic rings. The Bertz CT molecular complexity index is 402. The number of nitrogens with one attached hydrogen (secondary N) is 1. The summed E-state index contributed by atoms with van der Waals surface area (Å²) in [4.78, 5) is 27.2. The molecule has 1 aromatic heterocycles. The molecule has 0 fully saturated rings. The monoisotopic (exact) mass is 214 g/mol. The van der Waals surface area contributed by atoms with E-state index in [-0.39, 0.29) is 5.56 Å². The summed E-state index contributed by atoms with van der Waals surface area (Å²) in [7, 11) is 0. The average molecular weight is 214 g/mol. The van der Waals surface area contributed by atoms with Gasteiger partial charge in [0.05, 0.1) is 24.4 Å². The number of carboxylic acid groups (broad SMARTS) is 1. The van der Waals surface area contributed by atoms with Crippen molar-refractivity contribution in [2.45, 2.75) is 18.6 Å². The highest BCUT2D eigenvalue weighted by atomic mass is 16.4. The zero-order valence-electron chi connectivity index (χ0n) is 7.62. The van der Waals surface area contributed by atoms with Gasteiger partial charge in [-0.15, -0.1) is 0 Å².